The summed E-state index contributed by atoms with van der Waals surface area (Å²) in [5.74, 6) is 0.755. The lowest BCUT2D eigenvalue weighted by molar-refractivity contribution is 0.0788. The second-order valence-corrected chi connectivity index (χ2v) is 4.72. The number of hydrogen-bond donors (Lipinski definition) is 0. The number of benzene rings is 1. The topological polar surface area (TPSA) is 20.3 Å². The zero-order valence-electron chi connectivity index (χ0n) is 10.7. The molecule has 0 atom stereocenters. The Bertz CT molecular complexity index is 358. The van der Waals surface area contributed by atoms with E-state index >= 15 is 0 Å². The molecule has 0 bridgehead atoms. The SMILES string of the molecule is Cc1ccccc1C(=O)N(C)CCC(C)C. The molecule has 0 aliphatic rings. The van der Waals surface area contributed by atoms with Crippen LogP contribution in [0.25, 0.3) is 0 Å². The predicted octanol–water partition coefficient (Wildman–Crippen LogP) is 3.11. The number of amides is 1. The van der Waals surface area contributed by atoms with Gasteiger partial charge in [-0.05, 0) is 30.9 Å². The molecule has 0 heterocycles. The molecule has 0 aliphatic heterocycles. The van der Waals surface area contributed by atoms with Crippen LogP contribution in [0.5, 0.6) is 0 Å². The van der Waals surface area contributed by atoms with E-state index in [1.807, 2.05) is 43.1 Å². The normalized spacial score (nSPS) is 10.6. The average molecular weight is 219 g/mol. The third-order valence-corrected chi connectivity index (χ3v) is 2.76. The van der Waals surface area contributed by atoms with Crippen LogP contribution >= 0.6 is 0 Å². The van der Waals surface area contributed by atoms with Gasteiger partial charge in [-0.25, -0.2) is 0 Å². The maximum Gasteiger partial charge on any atom is 0.253 e. The van der Waals surface area contributed by atoms with Gasteiger partial charge in [0.15, 0.2) is 0 Å². The Hall–Kier alpha value is -1.31. The summed E-state index contributed by atoms with van der Waals surface area (Å²) in [6.07, 6.45) is 1.05. The molecule has 2 heteroatoms. The number of aryl methyl sites for hydroxylation is 1. The van der Waals surface area contributed by atoms with Gasteiger partial charge in [0.2, 0.25) is 0 Å². The first-order chi connectivity index (χ1) is 7.52. The number of rotatable bonds is 4. The van der Waals surface area contributed by atoms with E-state index in [1.165, 1.54) is 0 Å². The Balaban J connectivity index is 2.67. The van der Waals surface area contributed by atoms with Gasteiger partial charge in [-0.3, -0.25) is 4.79 Å². The zero-order chi connectivity index (χ0) is 12.1. The minimum atomic E-state index is 0.124. The van der Waals surface area contributed by atoms with Crippen molar-refractivity contribution in [3.8, 4) is 0 Å². The van der Waals surface area contributed by atoms with Crippen LogP contribution < -0.4 is 0 Å². The van der Waals surface area contributed by atoms with Crippen molar-refractivity contribution < 1.29 is 4.79 Å². The Morgan fingerprint density at radius 2 is 1.94 bits per heavy atom. The van der Waals surface area contributed by atoms with Crippen molar-refractivity contribution in [2.45, 2.75) is 27.2 Å². The highest BCUT2D eigenvalue weighted by molar-refractivity contribution is 5.95. The fourth-order valence-corrected chi connectivity index (χ4v) is 1.57. The third-order valence-electron chi connectivity index (χ3n) is 2.76. The van der Waals surface area contributed by atoms with Gasteiger partial charge in [0.05, 0.1) is 0 Å². The molecule has 88 valence electrons. The molecule has 0 radical (unpaired) electrons. The van der Waals surface area contributed by atoms with Crippen molar-refractivity contribution in [2.75, 3.05) is 13.6 Å². The molecular weight excluding hydrogens is 198 g/mol. The summed E-state index contributed by atoms with van der Waals surface area (Å²) in [6, 6.07) is 7.74. The Morgan fingerprint density at radius 3 is 2.50 bits per heavy atom. The fraction of sp³-hybridized carbons (Fsp3) is 0.500. The molecular formula is C14H21NO. The zero-order valence-corrected chi connectivity index (χ0v) is 10.7. The fourth-order valence-electron chi connectivity index (χ4n) is 1.57. The first-order valence-corrected chi connectivity index (χ1v) is 5.83. The molecule has 16 heavy (non-hydrogen) atoms. The first kappa shape index (κ1) is 12.8. The van der Waals surface area contributed by atoms with Gasteiger partial charge in [-0.15, -0.1) is 0 Å². The first-order valence-electron chi connectivity index (χ1n) is 5.83. The van der Waals surface area contributed by atoms with Crippen LogP contribution in [0.3, 0.4) is 0 Å². The quantitative estimate of drug-likeness (QED) is 0.762. The highest BCUT2D eigenvalue weighted by Crippen LogP contribution is 2.10. The number of carbonyl (C=O) groups is 1. The van der Waals surface area contributed by atoms with Gasteiger partial charge < -0.3 is 4.90 Å². The molecule has 2 nitrogen and oxygen atoms in total. The Labute approximate surface area is 98.3 Å². The highest BCUT2D eigenvalue weighted by Gasteiger charge is 2.13. The minimum absolute atomic E-state index is 0.124. The summed E-state index contributed by atoms with van der Waals surface area (Å²) < 4.78 is 0. The van der Waals surface area contributed by atoms with Crippen LogP contribution in [0.2, 0.25) is 0 Å². The molecule has 0 spiro atoms. The van der Waals surface area contributed by atoms with E-state index < -0.39 is 0 Å². The van der Waals surface area contributed by atoms with E-state index in [0.29, 0.717) is 5.92 Å². The molecule has 0 aliphatic carbocycles. The van der Waals surface area contributed by atoms with Gasteiger partial charge in [0.1, 0.15) is 0 Å². The maximum atomic E-state index is 12.1. The van der Waals surface area contributed by atoms with E-state index in [1.54, 1.807) is 0 Å². The average Bonchev–Trinajstić information content (AvgIpc) is 2.25. The molecule has 0 fully saturated rings. The van der Waals surface area contributed by atoms with Crippen LogP contribution in [-0.4, -0.2) is 24.4 Å². The largest absolute Gasteiger partial charge is 0.342 e. The summed E-state index contributed by atoms with van der Waals surface area (Å²) >= 11 is 0. The summed E-state index contributed by atoms with van der Waals surface area (Å²) in [5, 5.41) is 0. The van der Waals surface area contributed by atoms with Crippen LogP contribution in [0.1, 0.15) is 36.2 Å². The Morgan fingerprint density at radius 1 is 1.31 bits per heavy atom. The molecule has 1 aromatic carbocycles. The molecule has 0 saturated heterocycles. The van der Waals surface area contributed by atoms with Crippen molar-refractivity contribution in [2.24, 2.45) is 5.92 Å². The third kappa shape index (κ3) is 3.37. The smallest absolute Gasteiger partial charge is 0.253 e. The number of carbonyl (C=O) groups excluding carboxylic acids is 1. The van der Waals surface area contributed by atoms with Crippen molar-refractivity contribution in [1.82, 2.24) is 4.90 Å². The van der Waals surface area contributed by atoms with E-state index in [9.17, 15) is 4.79 Å². The van der Waals surface area contributed by atoms with Crippen molar-refractivity contribution in [3.63, 3.8) is 0 Å². The molecule has 0 saturated carbocycles. The highest BCUT2D eigenvalue weighted by atomic mass is 16.2. The van der Waals surface area contributed by atoms with E-state index in [0.717, 1.165) is 24.1 Å². The van der Waals surface area contributed by atoms with E-state index in [2.05, 4.69) is 13.8 Å². The summed E-state index contributed by atoms with van der Waals surface area (Å²) in [5.41, 5.74) is 1.86. The Kier molecular flexibility index (Phi) is 4.53. The predicted molar refractivity (Wildman–Crippen MR) is 67.6 cm³/mol. The lowest BCUT2D eigenvalue weighted by Gasteiger charge is -2.19. The number of hydrogen-bond acceptors (Lipinski definition) is 1. The second kappa shape index (κ2) is 5.69. The minimum Gasteiger partial charge on any atom is -0.342 e. The van der Waals surface area contributed by atoms with Crippen molar-refractivity contribution in [1.29, 1.82) is 0 Å². The monoisotopic (exact) mass is 219 g/mol. The van der Waals surface area contributed by atoms with Crippen LogP contribution in [0.15, 0.2) is 24.3 Å². The summed E-state index contributed by atoms with van der Waals surface area (Å²) in [4.78, 5) is 13.9. The lowest BCUT2D eigenvalue weighted by atomic mass is 10.1. The molecule has 1 aromatic rings. The van der Waals surface area contributed by atoms with Gasteiger partial charge in [0.25, 0.3) is 5.91 Å². The maximum absolute atomic E-state index is 12.1. The van der Waals surface area contributed by atoms with Gasteiger partial charge in [0, 0.05) is 19.2 Å². The van der Waals surface area contributed by atoms with Gasteiger partial charge in [-0.1, -0.05) is 32.0 Å². The van der Waals surface area contributed by atoms with Crippen LogP contribution in [0.4, 0.5) is 0 Å². The molecule has 0 unspecified atom stereocenters. The standard InChI is InChI=1S/C14H21NO/c1-11(2)9-10-15(4)14(16)13-8-6-5-7-12(13)3/h5-8,11H,9-10H2,1-4H3. The number of nitrogens with zero attached hydrogens (tertiary/aromatic N) is 1. The van der Waals surface area contributed by atoms with Crippen molar-refractivity contribution >= 4 is 5.91 Å². The summed E-state index contributed by atoms with van der Waals surface area (Å²) in [7, 11) is 1.87. The van der Waals surface area contributed by atoms with E-state index in [-0.39, 0.29) is 5.91 Å². The van der Waals surface area contributed by atoms with Crippen LogP contribution in [-0.2, 0) is 0 Å². The van der Waals surface area contributed by atoms with Crippen LogP contribution in [0, 0.1) is 12.8 Å². The molecule has 0 aromatic heterocycles. The van der Waals surface area contributed by atoms with E-state index in [4.69, 9.17) is 0 Å². The van der Waals surface area contributed by atoms with Gasteiger partial charge in [-0.2, -0.15) is 0 Å². The second-order valence-electron chi connectivity index (χ2n) is 4.72. The molecule has 1 amide bonds. The summed E-state index contributed by atoms with van der Waals surface area (Å²) in [6.45, 7) is 7.15. The van der Waals surface area contributed by atoms with Crippen molar-refractivity contribution in [3.05, 3.63) is 35.4 Å². The molecule has 1 rings (SSSR count). The van der Waals surface area contributed by atoms with Gasteiger partial charge >= 0.3 is 0 Å². The molecule has 0 N–H and O–H groups in total. The lowest BCUT2D eigenvalue weighted by Crippen LogP contribution is -2.29.